The SMILES string of the molecule is CC(=O)N[C@H]1[C@H](OCCCCCC(=O)ONCCNOC(=O)CCCC[C@@H]2SC[C@@H]3NC(=O)N[C@@H]32)O[C@H](CO)[C@H](O)[C@@H]1O[C@H]1O[C@H](CO)[C@H](O)[C@H](O)[C@H]1O. The third-order valence-electron chi connectivity index (χ3n) is 9.43. The predicted molar refractivity (Wildman–Crippen MR) is 185 cm³/mol. The lowest BCUT2D eigenvalue weighted by molar-refractivity contribution is -0.344. The molecule has 4 aliphatic heterocycles. The van der Waals surface area contributed by atoms with Gasteiger partial charge in [-0.05, 0) is 25.7 Å². The number of ether oxygens (including phenoxy) is 4. The van der Waals surface area contributed by atoms with Crippen molar-refractivity contribution in [2.24, 2.45) is 0 Å². The zero-order chi connectivity index (χ0) is 39.2. The Kier molecular flexibility index (Phi) is 18.3. The van der Waals surface area contributed by atoms with Crippen LogP contribution in [0.1, 0.15) is 58.3 Å². The van der Waals surface area contributed by atoms with Crippen LogP contribution in [-0.2, 0) is 43.0 Å². The van der Waals surface area contributed by atoms with Gasteiger partial charge in [-0.2, -0.15) is 22.7 Å². The lowest BCUT2D eigenvalue weighted by Gasteiger charge is -2.47. The molecule has 3 amide bonds. The molecule has 4 fully saturated rings. The minimum atomic E-state index is -1.79. The van der Waals surface area contributed by atoms with Crippen LogP contribution < -0.4 is 26.9 Å². The van der Waals surface area contributed by atoms with Crippen LogP contribution >= 0.6 is 11.8 Å². The number of hydrogen-bond acceptors (Lipinski definition) is 19. The Balaban J connectivity index is 1.06. The molecular weight excluding hydrogens is 742 g/mol. The van der Waals surface area contributed by atoms with Gasteiger partial charge in [-0.25, -0.2) is 4.79 Å². The van der Waals surface area contributed by atoms with E-state index in [1.807, 2.05) is 11.8 Å². The van der Waals surface area contributed by atoms with Crippen molar-refractivity contribution in [2.75, 3.05) is 38.7 Å². The topological polar surface area (TPSA) is 305 Å². The monoisotopic (exact) mass is 797 g/mol. The van der Waals surface area contributed by atoms with Crippen LogP contribution in [0.15, 0.2) is 0 Å². The summed E-state index contributed by atoms with van der Waals surface area (Å²) < 4.78 is 22.7. The molecule has 4 saturated heterocycles. The summed E-state index contributed by atoms with van der Waals surface area (Å²) in [5.41, 5.74) is 5.04. The summed E-state index contributed by atoms with van der Waals surface area (Å²) >= 11 is 1.83. The number of aliphatic hydroxyl groups excluding tert-OH is 6. The van der Waals surface area contributed by atoms with Crippen molar-refractivity contribution in [3.8, 4) is 0 Å². The Morgan fingerprint density at radius 3 is 2.09 bits per heavy atom. The van der Waals surface area contributed by atoms with Crippen molar-refractivity contribution in [1.29, 1.82) is 0 Å². The average molecular weight is 798 g/mol. The fourth-order valence-electron chi connectivity index (χ4n) is 6.57. The number of aliphatic hydroxyl groups is 6. The summed E-state index contributed by atoms with van der Waals surface area (Å²) in [6, 6.07) is -0.982. The molecule has 0 aromatic rings. The third-order valence-corrected chi connectivity index (χ3v) is 10.9. The first-order valence-electron chi connectivity index (χ1n) is 18.3. The Morgan fingerprint density at radius 1 is 0.815 bits per heavy atom. The second-order valence-corrected chi connectivity index (χ2v) is 14.8. The summed E-state index contributed by atoms with van der Waals surface area (Å²) in [7, 11) is 0. The molecule has 22 heteroatoms. The maximum Gasteiger partial charge on any atom is 0.324 e. The largest absolute Gasteiger partial charge is 0.394 e. The highest BCUT2D eigenvalue weighted by molar-refractivity contribution is 8.00. The van der Waals surface area contributed by atoms with Crippen LogP contribution in [0.4, 0.5) is 4.79 Å². The first kappa shape index (κ1) is 44.3. The highest BCUT2D eigenvalue weighted by atomic mass is 32.2. The maximum absolute atomic E-state index is 12.1. The normalized spacial score (nSPS) is 34.8. The van der Waals surface area contributed by atoms with E-state index in [1.54, 1.807) is 0 Å². The van der Waals surface area contributed by atoms with Crippen molar-refractivity contribution in [2.45, 2.75) is 137 Å². The van der Waals surface area contributed by atoms with Crippen LogP contribution in [0.3, 0.4) is 0 Å². The molecule has 0 spiro atoms. The van der Waals surface area contributed by atoms with Crippen LogP contribution in [0, 0.1) is 0 Å². The Hall–Kier alpha value is -2.45. The van der Waals surface area contributed by atoms with Gasteiger partial charge in [0.1, 0.15) is 48.8 Å². The van der Waals surface area contributed by atoms with Crippen LogP contribution in [0.5, 0.6) is 0 Å². The minimum Gasteiger partial charge on any atom is -0.394 e. The number of rotatable bonds is 22. The Labute approximate surface area is 316 Å². The smallest absolute Gasteiger partial charge is 0.324 e. The molecule has 0 aromatic heterocycles. The van der Waals surface area contributed by atoms with Crippen molar-refractivity contribution < 1.29 is 78.4 Å². The maximum atomic E-state index is 12.1. The first-order valence-corrected chi connectivity index (χ1v) is 19.3. The highest BCUT2D eigenvalue weighted by Crippen LogP contribution is 2.33. The molecule has 11 N–H and O–H groups in total. The van der Waals surface area contributed by atoms with Crippen molar-refractivity contribution >= 4 is 35.6 Å². The quantitative estimate of drug-likeness (QED) is 0.0284. The minimum absolute atomic E-state index is 0.0806. The number of carbonyl (C=O) groups is 4. The number of unbranched alkanes of at least 4 members (excludes halogenated alkanes) is 3. The summed E-state index contributed by atoms with van der Waals surface area (Å²) in [6.45, 7) is 0.307. The lowest BCUT2D eigenvalue weighted by atomic mass is 9.95. The van der Waals surface area contributed by atoms with Crippen LogP contribution in [0.2, 0.25) is 0 Å². The predicted octanol–water partition coefficient (Wildman–Crippen LogP) is -3.85. The van der Waals surface area contributed by atoms with Crippen molar-refractivity contribution in [3.05, 3.63) is 0 Å². The number of nitrogens with one attached hydrogen (secondary N) is 5. The van der Waals surface area contributed by atoms with Crippen LogP contribution in [-0.4, -0.2) is 172 Å². The molecule has 0 bridgehead atoms. The fraction of sp³-hybridized carbons (Fsp3) is 0.875. The summed E-state index contributed by atoms with van der Waals surface area (Å²) in [6.07, 6.45) is -9.33. The molecule has 0 saturated carbocycles. The molecule has 21 nitrogen and oxygen atoms in total. The molecular formula is C32H55N5O16S. The van der Waals surface area contributed by atoms with Gasteiger partial charge in [0.2, 0.25) is 5.91 Å². The zero-order valence-corrected chi connectivity index (χ0v) is 30.9. The molecule has 0 radical (unpaired) electrons. The molecule has 0 aliphatic carbocycles. The molecule has 13 atom stereocenters. The van der Waals surface area contributed by atoms with Crippen LogP contribution in [0.25, 0.3) is 0 Å². The van der Waals surface area contributed by atoms with E-state index in [0.29, 0.717) is 30.9 Å². The summed E-state index contributed by atoms with van der Waals surface area (Å²) in [5, 5.41) is 69.7. The zero-order valence-electron chi connectivity index (χ0n) is 30.1. The van der Waals surface area contributed by atoms with Gasteiger partial charge in [-0.3, -0.25) is 14.4 Å². The number of hydroxylamine groups is 2. The average Bonchev–Trinajstić information content (AvgIpc) is 3.70. The standard InChI is InChI=1S/C32H55N5O16S/c1-16(40)35-24-29(51-31-28(46)27(45)25(43)18(13-38)50-31)26(44)19(14-39)49-30(24)48-12-6-2-3-8-21(41)52-33-10-11-34-53-22(42)9-5-4-7-20-23-17(15-54-20)36-32(47)37-23/h17-20,23-31,33-34,38-39,43-46H,2-15H2,1H3,(H,35,40)(H2,36,37,47)/t17-,18+,19+,20-,23-,24+,25-,26-,27-,28+,29+,30+,31+/m0/s1. The number of urea groups is 1. The van der Waals surface area contributed by atoms with E-state index in [0.717, 1.165) is 18.6 Å². The number of thioether (sulfide) groups is 1. The Morgan fingerprint density at radius 2 is 1.44 bits per heavy atom. The van der Waals surface area contributed by atoms with E-state index < -0.39 is 92.4 Å². The molecule has 4 heterocycles. The van der Waals surface area contributed by atoms with Gasteiger partial charge in [0, 0.05) is 50.5 Å². The van der Waals surface area contributed by atoms with Gasteiger partial charge < -0.3 is 75.2 Å². The van der Waals surface area contributed by atoms with Gasteiger partial charge in [-0.1, -0.05) is 12.8 Å². The molecule has 0 aromatic carbocycles. The van der Waals surface area contributed by atoms with E-state index in [9.17, 15) is 49.8 Å². The molecule has 4 rings (SSSR count). The van der Waals surface area contributed by atoms with Gasteiger partial charge in [0.25, 0.3) is 0 Å². The fourth-order valence-corrected chi connectivity index (χ4v) is 8.11. The number of carbonyl (C=O) groups excluding carboxylic acids is 4. The van der Waals surface area contributed by atoms with E-state index in [4.69, 9.17) is 28.6 Å². The number of hydrogen-bond donors (Lipinski definition) is 11. The first-order chi connectivity index (χ1) is 25.9. The van der Waals surface area contributed by atoms with E-state index in [-0.39, 0.29) is 50.7 Å². The molecule has 310 valence electrons. The van der Waals surface area contributed by atoms with Gasteiger partial charge in [-0.15, -0.1) is 0 Å². The highest BCUT2D eigenvalue weighted by Gasteiger charge is 2.51. The van der Waals surface area contributed by atoms with Crippen molar-refractivity contribution in [1.82, 2.24) is 26.9 Å². The molecule has 0 unspecified atom stereocenters. The summed E-state index contributed by atoms with van der Waals surface area (Å²) in [4.78, 5) is 57.6. The van der Waals surface area contributed by atoms with Gasteiger partial charge in [0.05, 0.1) is 25.3 Å². The molecule has 54 heavy (non-hydrogen) atoms. The van der Waals surface area contributed by atoms with E-state index in [1.165, 1.54) is 6.92 Å². The van der Waals surface area contributed by atoms with Gasteiger partial charge >= 0.3 is 18.0 Å². The number of amides is 3. The second-order valence-electron chi connectivity index (χ2n) is 13.5. The van der Waals surface area contributed by atoms with Crippen molar-refractivity contribution in [3.63, 3.8) is 0 Å². The van der Waals surface area contributed by atoms with Gasteiger partial charge in [0.15, 0.2) is 12.6 Å². The van der Waals surface area contributed by atoms with E-state index in [2.05, 4.69) is 26.9 Å². The number of fused-ring (bicyclic) bond motifs is 1. The van der Waals surface area contributed by atoms with E-state index >= 15 is 0 Å². The summed E-state index contributed by atoms with van der Waals surface area (Å²) in [5.74, 6) is -0.544. The second kappa shape index (κ2) is 22.3. The Bertz CT molecular complexity index is 1210. The molecule has 4 aliphatic rings. The third kappa shape index (κ3) is 12.8. The lowest BCUT2D eigenvalue weighted by Crippen LogP contribution is -2.68.